The molecule has 0 saturated carbocycles. The normalized spacial score (nSPS) is 23.2. The second kappa shape index (κ2) is 7.61. The van der Waals surface area contributed by atoms with Gasteiger partial charge in [0, 0.05) is 26.7 Å². The van der Waals surface area contributed by atoms with Crippen LogP contribution in [0.15, 0.2) is 21.6 Å². The molecule has 0 amide bonds. The lowest BCUT2D eigenvalue weighted by Crippen LogP contribution is -2.45. The molecule has 2 aliphatic heterocycles. The molecule has 132 valence electrons. The molecule has 1 unspecified atom stereocenters. The highest BCUT2D eigenvalue weighted by atomic mass is 79.9. The first-order valence-corrected chi connectivity index (χ1v) is 9.05. The molecular formula is C17H24BrN3O3. The van der Waals surface area contributed by atoms with Crippen molar-refractivity contribution in [1.82, 2.24) is 10.6 Å². The van der Waals surface area contributed by atoms with Gasteiger partial charge in [0.2, 0.25) is 0 Å². The van der Waals surface area contributed by atoms with E-state index >= 15 is 0 Å². The number of ether oxygens (including phenoxy) is 3. The number of halogens is 1. The molecule has 0 aromatic heterocycles. The maximum Gasteiger partial charge on any atom is 0.191 e. The maximum atomic E-state index is 5.79. The molecule has 1 fully saturated rings. The number of nitrogens with zero attached hydrogens (tertiary/aromatic N) is 1. The monoisotopic (exact) mass is 397 g/mol. The fraction of sp³-hybridized carbons (Fsp3) is 0.588. The molecular weight excluding hydrogens is 374 g/mol. The molecule has 0 radical (unpaired) electrons. The van der Waals surface area contributed by atoms with Crippen molar-refractivity contribution in [2.24, 2.45) is 4.99 Å². The van der Waals surface area contributed by atoms with Gasteiger partial charge in [0.05, 0.1) is 10.1 Å². The topological polar surface area (TPSA) is 64.1 Å². The number of rotatable bonds is 4. The summed E-state index contributed by atoms with van der Waals surface area (Å²) in [6.45, 7) is 5.54. The van der Waals surface area contributed by atoms with Gasteiger partial charge in [0.15, 0.2) is 17.5 Å². The lowest BCUT2D eigenvalue weighted by Gasteiger charge is -2.25. The van der Waals surface area contributed by atoms with E-state index in [4.69, 9.17) is 14.2 Å². The fourth-order valence-electron chi connectivity index (χ4n) is 2.92. The van der Waals surface area contributed by atoms with Crippen LogP contribution in [0.3, 0.4) is 0 Å². The van der Waals surface area contributed by atoms with E-state index in [2.05, 4.69) is 38.5 Å². The van der Waals surface area contributed by atoms with Crippen LogP contribution in [0, 0.1) is 0 Å². The van der Waals surface area contributed by atoms with Crippen LogP contribution in [-0.2, 0) is 11.3 Å². The number of guanidine groups is 1. The maximum absolute atomic E-state index is 5.79. The zero-order valence-electron chi connectivity index (χ0n) is 14.2. The van der Waals surface area contributed by atoms with E-state index in [9.17, 15) is 0 Å². The van der Waals surface area contributed by atoms with E-state index in [0.717, 1.165) is 53.5 Å². The Kier molecular flexibility index (Phi) is 5.50. The number of benzene rings is 1. The molecule has 1 aromatic rings. The Hall–Kier alpha value is -1.47. The summed E-state index contributed by atoms with van der Waals surface area (Å²) in [7, 11) is 1.77. The standard InChI is InChI=1S/C17H24BrN3O3/c1-17(4-3-5-24-17)11-21-16(19-2)20-10-12-8-13(18)15-14(9-12)22-6-7-23-15/h8-9H,3-7,10-11H2,1-2H3,(H2,19,20,21). The molecule has 0 bridgehead atoms. The van der Waals surface area contributed by atoms with Gasteiger partial charge < -0.3 is 24.8 Å². The van der Waals surface area contributed by atoms with Crippen molar-refractivity contribution in [3.05, 3.63) is 22.2 Å². The highest BCUT2D eigenvalue weighted by Crippen LogP contribution is 2.38. The van der Waals surface area contributed by atoms with Crippen molar-refractivity contribution in [2.45, 2.75) is 31.9 Å². The predicted octanol–water partition coefficient (Wildman–Crippen LogP) is 2.45. The van der Waals surface area contributed by atoms with Crippen molar-refractivity contribution in [3.8, 4) is 11.5 Å². The van der Waals surface area contributed by atoms with Crippen LogP contribution in [0.25, 0.3) is 0 Å². The molecule has 2 heterocycles. The van der Waals surface area contributed by atoms with Gasteiger partial charge in [-0.3, -0.25) is 4.99 Å². The van der Waals surface area contributed by atoms with Crippen LogP contribution in [0.1, 0.15) is 25.3 Å². The smallest absolute Gasteiger partial charge is 0.191 e. The second-order valence-corrected chi connectivity index (χ2v) is 7.14. The van der Waals surface area contributed by atoms with Crippen molar-refractivity contribution < 1.29 is 14.2 Å². The SMILES string of the molecule is CN=C(NCc1cc(Br)c2c(c1)OCCO2)NCC1(C)CCCO1. The Balaban J connectivity index is 1.56. The zero-order chi connectivity index (χ0) is 17.0. The van der Waals surface area contributed by atoms with Crippen LogP contribution in [0.5, 0.6) is 11.5 Å². The average Bonchev–Trinajstić information content (AvgIpc) is 3.02. The van der Waals surface area contributed by atoms with Crippen molar-refractivity contribution in [2.75, 3.05) is 33.4 Å². The summed E-state index contributed by atoms with van der Waals surface area (Å²) in [5, 5.41) is 6.67. The van der Waals surface area contributed by atoms with Gasteiger partial charge in [0.25, 0.3) is 0 Å². The molecule has 1 atom stereocenters. The van der Waals surface area contributed by atoms with Crippen LogP contribution in [0.4, 0.5) is 0 Å². The predicted molar refractivity (Wildman–Crippen MR) is 96.9 cm³/mol. The average molecular weight is 398 g/mol. The molecule has 2 N–H and O–H groups in total. The van der Waals surface area contributed by atoms with Crippen molar-refractivity contribution >= 4 is 21.9 Å². The van der Waals surface area contributed by atoms with Crippen LogP contribution < -0.4 is 20.1 Å². The summed E-state index contributed by atoms with van der Waals surface area (Å²) in [4.78, 5) is 4.28. The first-order valence-electron chi connectivity index (χ1n) is 8.26. The summed E-state index contributed by atoms with van der Waals surface area (Å²) >= 11 is 3.54. The van der Waals surface area contributed by atoms with E-state index < -0.39 is 0 Å². The third-order valence-electron chi connectivity index (χ3n) is 4.27. The van der Waals surface area contributed by atoms with Gasteiger partial charge in [-0.1, -0.05) is 0 Å². The molecule has 1 saturated heterocycles. The van der Waals surface area contributed by atoms with E-state index in [1.54, 1.807) is 7.05 Å². The number of hydrogen-bond acceptors (Lipinski definition) is 4. The Labute approximate surface area is 151 Å². The molecule has 6 nitrogen and oxygen atoms in total. The summed E-state index contributed by atoms with van der Waals surface area (Å²) < 4.78 is 18.0. The molecule has 7 heteroatoms. The van der Waals surface area contributed by atoms with Gasteiger partial charge in [-0.25, -0.2) is 0 Å². The highest BCUT2D eigenvalue weighted by Gasteiger charge is 2.29. The molecule has 3 rings (SSSR count). The van der Waals surface area contributed by atoms with Gasteiger partial charge >= 0.3 is 0 Å². The van der Waals surface area contributed by atoms with E-state index in [1.165, 1.54) is 0 Å². The lowest BCUT2D eigenvalue weighted by atomic mass is 10.0. The number of aliphatic imine (C=N–C) groups is 1. The molecule has 0 spiro atoms. The number of hydrogen-bond donors (Lipinski definition) is 2. The highest BCUT2D eigenvalue weighted by molar-refractivity contribution is 9.10. The Morgan fingerprint density at radius 1 is 1.25 bits per heavy atom. The van der Waals surface area contributed by atoms with Gasteiger partial charge in [0.1, 0.15) is 13.2 Å². The second-order valence-electron chi connectivity index (χ2n) is 6.28. The van der Waals surface area contributed by atoms with Gasteiger partial charge in [-0.05, 0) is 53.4 Å². The lowest BCUT2D eigenvalue weighted by molar-refractivity contribution is 0.0243. The number of fused-ring (bicyclic) bond motifs is 1. The summed E-state index contributed by atoms with van der Waals surface area (Å²) in [6, 6.07) is 4.04. The van der Waals surface area contributed by atoms with Crippen molar-refractivity contribution in [3.63, 3.8) is 0 Å². The first kappa shape index (κ1) is 17.4. The first-order chi connectivity index (χ1) is 11.6. The number of nitrogens with one attached hydrogen (secondary N) is 2. The third-order valence-corrected chi connectivity index (χ3v) is 4.86. The van der Waals surface area contributed by atoms with Crippen LogP contribution >= 0.6 is 15.9 Å². The van der Waals surface area contributed by atoms with Gasteiger partial charge in [-0.15, -0.1) is 0 Å². The summed E-state index contributed by atoms with van der Waals surface area (Å²) in [5.41, 5.74) is 0.995. The summed E-state index contributed by atoms with van der Waals surface area (Å²) in [6.07, 6.45) is 2.20. The van der Waals surface area contributed by atoms with Crippen molar-refractivity contribution in [1.29, 1.82) is 0 Å². The Morgan fingerprint density at radius 3 is 2.83 bits per heavy atom. The van der Waals surface area contributed by atoms with E-state index in [1.807, 2.05) is 12.1 Å². The minimum Gasteiger partial charge on any atom is -0.486 e. The van der Waals surface area contributed by atoms with E-state index in [0.29, 0.717) is 19.8 Å². The fourth-order valence-corrected chi connectivity index (χ4v) is 3.52. The summed E-state index contributed by atoms with van der Waals surface area (Å²) in [5.74, 6) is 2.32. The van der Waals surface area contributed by atoms with Gasteiger partial charge in [-0.2, -0.15) is 0 Å². The molecule has 0 aliphatic carbocycles. The Bertz CT molecular complexity index is 615. The molecule has 24 heavy (non-hydrogen) atoms. The Morgan fingerprint density at radius 2 is 2.08 bits per heavy atom. The zero-order valence-corrected chi connectivity index (χ0v) is 15.7. The largest absolute Gasteiger partial charge is 0.486 e. The minimum absolute atomic E-state index is 0.0996. The molecule has 2 aliphatic rings. The third kappa shape index (κ3) is 4.13. The van der Waals surface area contributed by atoms with E-state index in [-0.39, 0.29) is 5.60 Å². The van der Waals surface area contributed by atoms with Crippen LogP contribution in [0.2, 0.25) is 0 Å². The molecule has 1 aromatic carbocycles. The quantitative estimate of drug-likeness (QED) is 0.603. The minimum atomic E-state index is -0.0996. The van der Waals surface area contributed by atoms with Crippen LogP contribution in [-0.4, -0.2) is 45.0 Å².